The third kappa shape index (κ3) is 2.97. The van der Waals surface area contributed by atoms with Gasteiger partial charge in [-0.3, -0.25) is 9.56 Å². The summed E-state index contributed by atoms with van der Waals surface area (Å²) in [6.07, 6.45) is 5.16. The van der Waals surface area contributed by atoms with Crippen molar-refractivity contribution in [2.75, 3.05) is 0 Å². The molecule has 0 aliphatic heterocycles. The third-order valence-electron chi connectivity index (χ3n) is 6.25. The largest absolute Gasteiger partial charge is 0.290 e. The van der Waals surface area contributed by atoms with Crippen LogP contribution >= 0.6 is 11.3 Å². The van der Waals surface area contributed by atoms with E-state index in [0.717, 1.165) is 41.1 Å². The summed E-state index contributed by atoms with van der Waals surface area (Å²) in [4.78, 5) is 23.0. The lowest BCUT2D eigenvalue weighted by atomic mass is 9.72. The summed E-state index contributed by atoms with van der Waals surface area (Å²) in [5, 5.41) is 1.94. The van der Waals surface area contributed by atoms with Crippen LogP contribution in [0.3, 0.4) is 0 Å². The van der Waals surface area contributed by atoms with Crippen molar-refractivity contribution in [1.29, 1.82) is 0 Å². The van der Waals surface area contributed by atoms with Crippen molar-refractivity contribution in [2.24, 2.45) is 4.99 Å². The van der Waals surface area contributed by atoms with E-state index in [0.29, 0.717) is 11.5 Å². The topological polar surface area (TPSA) is 68.8 Å². The Bertz CT molecular complexity index is 1400. The van der Waals surface area contributed by atoms with Gasteiger partial charge in [0.25, 0.3) is 0 Å². The number of para-hydroxylation sites is 1. The molecule has 2 aromatic carbocycles. The van der Waals surface area contributed by atoms with E-state index in [1.807, 2.05) is 29.8 Å². The van der Waals surface area contributed by atoms with Crippen LogP contribution in [0.25, 0.3) is 39.8 Å². The predicted octanol–water partition coefficient (Wildman–Crippen LogP) is 5.69. The first-order valence-corrected chi connectivity index (χ1v) is 11.5. The van der Waals surface area contributed by atoms with Gasteiger partial charge in [-0.15, -0.1) is 11.3 Å². The number of imidazole rings is 1. The highest BCUT2D eigenvalue weighted by Crippen LogP contribution is 2.45. The number of benzene rings is 2. The van der Waals surface area contributed by atoms with Gasteiger partial charge < -0.3 is 0 Å². The Morgan fingerprint density at radius 1 is 0.969 bits per heavy atom. The number of thiazole rings is 1. The molecule has 3 heterocycles. The molecule has 6 rings (SSSR count). The van der Waals surface area contributed by atoms with Crippen LogP contribution in [-0.4, -0.2) is 31.2 Å². The van der Waals surface area contributed by atoms with Crippen molar-refractivity contribution in [3.05, 3.63) is 77.2 Å². The first kappa shape index (κ1) is 19.0. The molecule has 0 amide bonds. The van der Waals surface area contributed by atoms with Gasteiger partial charge in [0.15, 0.2) is 11.5 Å². The Morgan fingerprint density at radius 3 is 2.44 bits per heavy atom. The fourth-order valence-electron chi connectivity index (χ4n) is 4.33. The highest BCUT2D eigenvalue weighted by Gasteiger charge is 2.37. The zero-order valence-corrected chi connectivity index (χ0v) is 18.2. The Labute approximate surface area is 189 Å². The van der Waals surface area contributed by atoms with E-state index >= 15 is 0 Å². The highest BCUT2D eigenvalue weighted by atomic mass is 32.1. The van der Waals surface area contributed by atoms with Crippen LogP contribution in [0, 0.1) is 0 Å². The molecule has 0 spiro atoms. The number of nitrogens with zero attached hydrogens (tertiary/aromatic N) is 6. The van der Waals surface area contributed by atoms with E-state index in [4.69, 9.17) is 9.97 Å². The van der Waals surface area contributed by atoms with Crippen molar-refractivity contribution in [1.82, 2.24) is 24.5 Å². The number of aromatic nitrogens is 5. The van der Waals surface area contributed by atoms with Gasteiger partial charge >= 0.3 is 0 Å². The summed E-state index contributed by atoms with van der Waals surface area (Å²) < 4.78 is 2.11. The second kappa shape index (κ2) is 7.46. The van der Waals surface area contributed by atoms with Gasteiger partial charge in [-0.1, -0.05) is 42.5 Å². The molecular formula is C25H20N6S. The maximum Gasteiger partial charge on any atom is 0.182 e. The van der Waals surface area contributed by atoms with E-state index in [-0.39, 0.29) is 5.54 Å². The molecule has 0 bridgehead atoms. The fraction of sp³-hybridized carbons (Fsp3) is 0.160. The van der Waals surface area contributed by atoms with Gasteiger partial charge in [0.05, 0.1) is 17.2 Å². The second-order valence-corrected chi connectivity index (χ2v) is 8.72. The lowest BCUT2D eigenvalue weighted by Crippen LogP contribution is -2.31. The first-order valence-electron chi connectivity index (χ1n) is 10.6. The van der Waals surface area contributed by atoms with Crippen molar-refractivity contribution >= 4 is 29.2 Å². The molecule has 32 heavy (non-hydrogen) atoms. The van der Waals surface area contributed by atoms with Crippen molar-refractivity contribution in [2.45, 2.75) is 24.8 Å². The van der Waals surface area contributed by atoms with Gasteiger partial charge in [-0.25, -0.2) is 19.9 Å². The summed E-state index contributed by atoms with van der Waals surface area (Å²) in [6, 6.07) is 18.7. The summed E-state index contributed by atoms with van der Waals surface area (Å²) >= 11 is 1.52. The van der Waals surface area contributed by atoms with Gasteiger partial charge in [-0.2, -0.15) is 0 Å². The van der Waals surface area contributed by atoms with E-state index in [2.05, 4.69) is 62.6 Å². The molecule has 6 nitrogen and oxygen atoms in total. The summed E-state index contributed by atoms with van der Waals surface area (Å²) in [5.41, 5.74) is 7.19. The number of rotatable bonds is 5. The minimum Gasteiger partial charge on any atom is -0.290 e. The lowest BCUT2D eigenvalue weighted by molar-refractivity contribution is 0.258. The summed E-state index contributed by atoms with van der Waals surface area (Å²) in [5.74, 6) is 1.42. The molecule has 1 aliphatic rings. The van der Waals surface area contributed by atoms with Crippen LogP contribution in [0.1, 0.15) is 24.8 Å². The molecule has 1 fully saturated rings. The Hall–Kier alpha value is -3.71. The van der Waals surface area contributed by atoms with Crippen LogP contribution in [0.2, 0.25) is 0 Å². The van der Waals surface area contributed by atoms with Crippen molar-refractivity contribution < 1.29 is 0 Å². The molecule has 0 saturated heterocycles. The Kier molecular flexibility index (Phi) is 4.43. The standard InChI is InChI=1S/C25H20N6S/c1-26-25(12-5-13-25)18-10-8-17(9-11-18)24-30-23-21(31(24)19-6-3-2-4-7-19)14-27-22(29-23)20-15-32-16-28-20/h2-4,6-11,14-16H,1,5,12-13H2. The van der Waals surface area contributed by atoms with Gasteiger partial charge in [0, 0.05) is 16.6 Å². The van der Waals surface area contributed by atoms with E-state index in [1.54, 1.807) is 5.51 Å². The zero-order chi connectivity index (χ0) is 21.5. The fourth-order valence-corrected chi connectivity index (χ4v) is 4.86. The maximum absolute atomic E-state index is 4.93. The quantitative estimate of drug-likeness (QED) is 0.332. The SMILES string of the molecule is C=NC1(c2ccc(-c3nc4nc(-c5cscn5)ncc4n3-c3ccccc3)cc2)CCC1. The summed E-state index contributed by atoms with van der Waals surface area (Å²) in [6.45, 7) is 3.84. The van der Waals surface area contributed by atoms with E-state index in [9.17, 15) is 0 Å². The molecule has 5 aromatic rings. The van der Waals surface area contributed by atoms with Gasteiger partial charge in [0.1, 0.15) is 17.0 Å². The molecule has 0 radical (unpaired) electrons. The van der Waals surface area contributed by atoms with Crippen LogP contribution in [-0.2, 0) is 5.54 Å². The Morgan fingerprint density at radius 2 is 1.78 bits per heavy atom. The molecule has 1 aliphatic carbocycles. The Balaban J connectivity index is 1.51. The smallest absolute Gasteiger partial charge is 0.182 e. The van der Waals surface area contributed by atoms with Crippen LogP contribution < -0.4 is 0 Å². The van der Waals surface area contributed by atoms with Crippen LogP contribution in [0.4, 0.5) is 0 Å². The number of hydrogen-bond acceptors (Lipinski definition) is 6. The average Bonchev–Trinajstić information content (AvgIpc) is 3.48. The maximum atomic E-state index is 4.93. The van der Waals surface area contributed by atoms with E-state index in [1.165, 1.54) is 23.3 Å². The number of hydrogen-bond donors (Lipinski definition) is 0. The molecule has 7 heteroatoms. The minimum absolute atomic E-state index is 0.119. The molecular weight excluding hydrogens is 416 g/mol. The third-order valence-corrected chi connectivity index (χ3v) is 6.84. The molecule has 0 N–H and O–H groups in total. The van der Waals surface area contributed by atoms with Crippen LogP contribution in [0.15, 0.2) is 76.7 Å². The van der Waals surface area contributed by atoms with E-state index < -0.39 is 0 Å². The average molecular weight is 437 g/mol. The van der Waals surface area contributed by atoms with Gasteiger partial charge in [0.2, 0.25) is 0 Å². The normalized spacial score (nSPS) is 14.9. The molecule has 3 aromatic heterocycles. The van der Waals surface area contributed by atoms with Crippen molar-refractivity contribution in [3.8, 4) is 28.6 Å². The van der Waals surface area contributed by atoms with Gasteiger partial charge in [-0.05, 0) is 43.7 Å². The lowest BCUT2D eigenvalue weighted by Gasteiger charge is -2.38. The first-order chi connectivity index (χ1) is 15.8. The number of aliphatic imine (C=N–C) groups is 1. The molecule has 0 atom stereocenters. The van der Waals surface area contributed by atoms with Crippen molar-refractivity contribution in [3.63, 3.8) is 0 Å². The molecule has 1 saturated carbocycles. The zero-order valence-electron chi connectivity index (χ0n) is 17.3. The molecule has 0 unspecified atom stereocenters. The summed E-state index contributed by atoms with van der Waals surface area (Å²) in [7, 11) is 0. The minimum atomic E-state index is -0.119. The van der Waals surface area contributed by atoms with Crippen LogP contribution in [0.5, 0.6) is 0 Å². The molecule has 156 valence electrons. The highest BCUT2D eigenvalue weighted by molar-refractivity contribution is 7.07. The second-order valence-electron chi connectivity index (χ2n) is 8.00. The monoisotopic (exact) mass is 436 g/mol. The predicted molar refractivity (Wildman–Crippen MR) is 128 cm³/mol. The number of fused-ring (bicyclic) bond motifs is 1.